The Morgan fingerprint density at radius 3 is 3.08 bits per heavy atom. The van der Waals surface area contributed by atoms with Gasteiger partial charge in [0.1, 0.15) is 5.78 Å². The summed E-state index contributed by atoms with van der Waals surface area (Å²) in [7, 11) is 0. The lowest BCUT2D eigenvalue weighted by atomic mass is 9.75. The molecule has 0 aromatic heterocycles. The van der Waals surface area contributed by atoms with Gasteiger partial charge in [0.2, 0.25) is 0 Å². The molecule has 0 saturated carbocycles. The second-order valence-electron chi connectivity index (χ2n) is 3.88. The highest BCUT2D eigenvalue weighted by atomic mass is 16.5. The van der Waals surface area contributed by atoms with E-state index in [2.05, 4.69) is 0 Å². The smallest absolute Gasteiger partial charge is 0.144 e. The van der Waals surface area contributed by atoms with Gasteiger partial charge in [-0.25, -0.2) is 0 Å². The molecule has 2 heterocycles. The van der Waals surface area contributed by atoms with Crippen LogP contribution in [0.2, 0.25) is 0 Å². The number of hydrogen-bond acceptors (Lipinski definition) is 2. The molecular formula is C10H14O2. The average molecular weight is 166 g/mol. The minimum atomic E-state index is -0.260. The maximum atomic E-state index is 11.7. The van der Waals surface area contributed by atoms with E-state index in [1.54, 1.807) is 0 Å². The van der Waals surface area contributed by atoms with Crippen molar-refractivity contribution in [2.75, 3.05) is 0 Å². The lowest BCUT2D eigenvalue weighted by Crippen LogP contribution is -2.44. The van der Waals surface area contributed by atoms with Crippen molar-refractivity contribution in [1.29, 1.82) is 0 Å². The lowest BCUT2D eigenvalue weighted by Gasteiger charge is -2.36. The zero-order valence-electron chi connectivity index (χ0n) is 7.54. The largest absolute Gasteiger partial charge is 0.365 e. The molecule has 1 saturated heterocycles. The molecule has 0 aromatic rings. The zero-order valence-corrected chi connectivity index (χ0v) is 7.54. The summed E-state index contributed by atoms with van der Waals surface area (Å²) in [6.45, 7) is 4.06. The molecule has 2 aliphatic heterocycles. The van der Waals surface area contributed by atoms with Gasteiger partial charge in [-0.2, -0.15) is 0 Å². The van der Waals surface area contributed by atoms with E-state index in [-0.39, 0.29) is 17.6 Å². The highest BCUT2D eigenvalue weighted by molar-refractivity contribution is 5.87. The lowest BCUT2D eigenvalue weighted by molar-refractivity contribution is -0.147. The fourth-order valence-corrected chi connectivity index (χ4v) is 1.96. The Kier molecular flexibility index (Phi) is 1.62. The van der Waals surface area contributed by atoms with E-state index in [9.17, 15) is 4.79 Å². The van der Waals surface area contributed by atoms with Gasteiger partial charge in [0.05, 0.1) is 17.6 Å². The number of Topliss-reactive ketones (excluding diaryl/α,β-unsaturated/α-hetero) is 1. The molecular weight excluding hydrogens is 152 g/mol. The van der Waals surface area contributed by atoms with Crippen LogP contribution in [0, 0.1) is 5.41 Å². The van der Waals surface area contributed by atoms with E-state index < -0.39 is 0 Å². The zero-order chi connectivity index (χ0) is 8.77. The predicted molar refractivity (Wildman–Crippen MR) is 45.8 cm³/mol. The topological polar surface area (TPSA) is 26.3 Å². The Balaban J connectivity index is 2.32. The Labute approximate surface area is 72.6 Å². The molecule has 2 rings (SSSR count). The first kappa shape index (κ1) is 7.99. The highest BCUT2D eigenvalue weighted by Gasteiger charge is 2.46. The monoisotopic (exact) mass is 166 g/mol. The summed E-state index contributed by atoms with van der Waals surface area (Å²) in [5.41, 5.74) is -0.260. The van der Waals surface area contributed by atoms with Crippen molar-refractivity contribution in [2.24, 2.45) is 5.41 Å². The Morgan fingerprint density at radius 2 is 2.42 bits per heavy atom. The van der Waals surface area contributed by atoms with Gasteiger partial charge < -0.3 is 4.74 Å². The Bertz CT molecular complexity index is 244. The van der Waals surface area contributed by atoms with E-state index in [0.717, 1.165) is 6.42 Å². The molecule has 2 heteroatoms. The molecule has 2 nitrogen and oxygen atoms in total. The van der Waals surface area contributed by atoms with E-state index in [1.165, 1.54) is 0 Å². The molecule has 0 aliphatic carbocycles. The summed E-state index contributed by atoms with van der Waals surface area (Å²) in [6.07, 6.45) is 5.60. The second kappa shape index (κ2) is 2.43. The molecule has 0 amide bonds. The number of hydrogen-bond donors (Lipinski definition) is 0. The fourth-order valence-electron chi connectivity index (χ4n) is 1.96. The molecule has 3 atom stereocenters. The summed E-state index contributed by atoms with van der Waals surface area (Å²) in [5.74, 6) is 0.358. The fraction of sp³-hybridized carbons (Fsp3) is 0.700. The van der Waals surface area contributed by atoms with E-state index in [4.69, 9.17) is 4.74 Å². The first-order valence-electron chi connectivity index (χ1n) is 4.54. The molecule has 12 heavy (non-hydrogen) atoms. The predicted octanol–water partition coefficient (Wildman–Crippen LogP) is 1.70. The minimum Gasteiger partial charge on any atom is -0.365 e. The number of carbonyl (C=O) groups is 1. The van der Waals surface area contributed by atoms with Gasteiger partial charge in [-0.05, 0) is 13.3 Å². The van der Waals surface area contributed by atoms with Crippen molar-refractivity contribution in [3.63, 3.8) is 0 Å². The average Bonchev–Trinajstić information content (AvgIpc) is 2.47. The van der Waals surface area contributed by atoms with Gasteiger partial charge in [0.15, 0.2) is 0 Å². The molecule has 0 unspecified atom stereocenters. The highest BCUT2D eigenvalue weighted by Crippen LogP contribution is 2.40. The third-order valence-electron chi connectivity index (χ3n) is 3.21. The molecule has 0 spiro atoms. The van der Waals surface area contributed by atoms with Crippen molar-refractivity contribution in [2.45, 2.75) is 38.9 Å². The third-order valence-corrected chi connectivity index (χ3v) is 3.21. The Morgan fingerprint density at radius 1 is 1.67 bits per heavy atom. The maximum Gasteiger partial charge on any atom is 0.144 e. The van der Waals surface area contributed by atoms with Crippen molar-refractivity contribution in [3.05, 3.63) is 12.2 Å². The van der Waals surface area contributed by atoms with Crippen LogP contribution in [0.3, 0.4) is 0 Å². The number of ether oxygens (including phenoxy) is 1. The SMILES string of the molecule is CC[C@]1(C)C(=O)C[C@@H]2C=C[C@H]1O2. The first-order valence-corrected chi connectivity index (χ1v) is 4.54. The van der Waals surface area contributed by atoms with Crippen molar-refractivity contribution in [1.82, 2.24) is 0 Å². The molecule has 0 N–H and O–H groups in total. The third kappa shape index (κ3) is 0.876. The van der Waals surface area contributed by atoms with Crippen LogP contribution in [-0.4, -0.2) is 18.0 Å². The molecule has 2 bridgehead atoms. The summed E-state index contributed by atoms with van der Waals surface area (Å²) in [5, 5.41) is 0. The van der Waals surface area contributed by atoms with Gasteiger partial charge in [-0.3, -0.25) is 4.79 Å². The van der Waals surface area contributed by atoms with Gasteiger partial charge >= 0.3 is 0 Å². The van der Waals surface area contributed by atoms with Gasteiger partial charge in [0.25, 0.3) is 0 Å². The van der Waals surface area contributed by atoms with Gasteiger partial charge in [-0.1, -0.05) is 19.1 Å². The Hall–Kier alpha value is -0.630. The number of ketones is 1. The summed E-state index contributed by atoms with van der Waals surface area (Å²) >= 11 is 0. The molecule has 0 radical (unpaired) electrons. The normalized spacial score (nSPS) is 45.3. The van der Waals surface area contributed by atoms with Crippen LogP contribution in [0.1, 0.15) is 26.7 Å². The molecule has 1 fully saturated rings. The number of rotatable bonds is 1. The van der Waals surface area contributed by atoms with Gasteiger partial charge in [-0.15, -0.1) is 0 Å². The van der Waals surface area contributed by atoms with Crippen LogP contribution in [0.15, 0.2) is 12.2 Å². The van der Waals surface area contributed by atoms with Gasteiger partial charge in [0, 0.05) is 6.42 Å². The van der Waals surface area contributed by atoms with Crippen LogP contribution in [0.4, 0.5) is 0 Å². The standard InChI is InChI=1S/C10H14O2/c1-3-10(2)8(11)6-7-4-5-9(10)12-7/h4-5,7,9H,3,6H2,1-2H3/t7-,9+,10+/m0/s1. The van der Waals surface area contributed by atoms with E-state index in [1.807, 2.05) is 26.0 Å². The summed E-state index contributed by atoms with van der Waals surface area (Å²) < 4.78 is 5.64. The van der Waals surface area contributed by atoms with Crippen molar-refractivity contribution in [3.8, 4) is 0 Å². The van der Waals surface area contributed by atoms with Crippen LogP contribution in [-0.2, 0) is 9.53 Å². The van der Waals surface area contributed by atoms with Crippen molar-refractivity contribution >= 4 is 5.78 Å². The summed E-state index contributed by atoms with van der Waals surface area (Å²) in [6, 6.07) is 0. The second-order valence-corrected chi connectivity index (χ2v) is 3.88. The van der Waals surface area contributed by atoms with Crippen LogP contribution >= 0.6 is 0 Å². The molecule has 66 valence electrons. The van der Waals surface area contributed by atoms with E-state index >= 15 is 0 Å². The number of carbonyl (C=O) groups excluding carboxylic acids is 1. The molecule has 0 aromatic carbocycles. The number of fused-ring (bicyclic) bond motifs is 2. The van der Waals surface area contributed by atoms with E-state index in [0.29, 0.717) is 12.2 Å². The molecule has 2 aliphatic rings. The van der Waals surface area contributed by atoms with Crippen LogP contribution in [0.25, 0.3) is 0 Å². The first-order chi connectivity index (χ1) is 5.66. The minimum absolute atomic E-state index is 0.0359. The quantitative estimate of drug-likeness (QED) is 0.554. The van der Waals surface area contributed by atoms with Crippen LogP contribution in [0.5, 0.6) is 0 Å². The van der Waals surface area contributed by atoms with Crippen molar-refractivity contribution < 1.29 is 9.53 Å². The maximum absolute atomic E-state index is 11.7. The van der Waals surface area contributed by atoms with Crippen LogP contribution < -0.4 is 0 Å². The summed E-state index contributed by atoms with van der Waals surface area (Å²) in [4.78, 5) is 11.7.